The topological polar surface area (TPSA) is 49.3 Å². The van der Waals surface area contributed by atoms with Crippen LogP contribution in [0.5, 0.6) is 0 Å². The van der Waals surface area contributed by atoms with Crippen molar-refractivity contribution in [2.75, 3.05) is 0 Å². The first-order chi connectivity index (χ1) is 11.1. The van der Waals surface area contributed by atoms with Crippen LogP contribution in [0.3, 0.4) is 0 Å². The molecule has 2 N–H and O–H groups in total. The summed E-state index contributed by atoms with van der Waals surface area (Å²) in [7, 11) is 0. The van der Waals surface area contributed by atoms with Crippen molar-refractivity contribution in [3.05, 3.63) is 66.2 Å². The second-order valence-corrected chi connectivity index (χ2v) is 7.48. The summed E-state index contributed by atoms with van der Waals surface area (Å²) in [5, 5.41) is 13.4. The fourth-order valence-corrected chi connectivity index (χ4v) is 3.76. The van der Waals surface area contributed by atoms with Gasteiger partial charge in [0.25, 0.3) is 0 Å². The van der Waals surface area contributed by atoms with Gasteiger partial charge in [-0.3, -0.25) is 4.79 Å². The van der Waals surface area contributed by atoms with Crippen molar-refractivity contribution in [3.63, 3.8) is 0 Å². The maximum Gasteiger partial charge on any atom is 0.236 e. The minimum atomic E-state index is -0.697. The molecule has 120 valence electrons. The van der Waals surface area contributed by atoms with Crippen LogP contribution in [0.25, 0.3) is 0 Å². The van der Waals surface area contributed by atoms with E-state index < -0.39 is 6.10 Å². The van der Waals surface area contributed by atoms with E-state index in [1.165, 1.54) is 0 Å². The number of aliphatic hydroxyl groups excluding tert-OH is 1. The molecule has 1 amide bonds. The van der Waals surface area contributed by atoms with E-state index in [9.17, 15) is 9.90 Å². The third-order valence-electron chi connectivity index (χ3n) is 4.15. The van der Waals surface area contributed by atoms with E-state index >= 15 is 0 Å². The van der Waals surface area contributed by atoms with E-state index in [1.807, 2.05) is 67.6 Å². The van der Waals surface area contributed by atoms with E-state index in [0.29, 0.717) is 0 Å². The number of carbonyl (C=O) groups excluding carboxylic acids is 1. The molecule has 3 rings (SSSR count). The lowest BCUT2D eigenvalue weighted by atomic mass is 10.0. The molecular formula is C19H21NO2S. The van der Waals surface area contributed by atoms with Gasteiger partial charge in [0, 0.05) is 4.90 Å². The van der Waals surface area contributed by atoms with E-state index in [-0.39, 0.29) is 16.7 Å². The molecule has 2 aromatic rings. The van der Waals surface area contributed by atoms with Crippen LogP contribution >= 0.6 is 11.8 Å². The van der Waals surface area contributed by atoms with Gasteiger partial charge < -0.3 is 10.4 Å². The number of amides is 1. The average molecular weight is 327 g/mol. The number of nitrogens with one attached hydrogen (secondary N) is 1. The Morgan fingerprint density at radius 1 is 1.09 bits per heavy atom. The van der Waals surface area contributed by atoms with Crippen molar-refractivity contribution in [1.82, 2.24) is 5.32 Å². The molecule has 0 spiro atoms. The number of thioether (sulfide) groups is 1. The highest BCUT2D eigenvalue weighted by Crippen LogP contribution is 2.52. The molecule has 3 nitrogen and oxygen atoms in total. The number of aliphatic hydroxyl groups is 1. The Labute approximate surface area is 141 Å². The summed E-state index contributed by atoms with van der Waals surface area (Å²) < 4.78 is -0.369. The van der Waals surface area contributed by atoms with Gasteiger partial charge in [-0.05, 0) is 37.5 Å². The van der Waals surface area contributed by atoms with Crippen LogP contribution in [0.2, 0.25) is 0 Å². The largest absolute Gasteiger partial charge is 0.386 e. The summed E-state index contributed by atoms with van der Waals surface area (Å²) in [5.41, 5.74) is 0.820. The summed E-state index contributed by atoms with van der Waals surface area (Å²) in [6, 6.07) is 19.1. The molecule has 0 unspecified atom stereocenters. The maximum atomic E-state index is 12.6. The highest BCUT2D eigenvalue weighted by molar-refractivity contribution is 8.01. The zero-order chi connectivity index (χ0) is 16.3. The molecule has 1 fully saturated rings. The minimum Gasteiger partial charge on any atom is -0.386 e. The van der Waals surface area contributed by atoms with E-state index in [1.54, 1.807) is 11.8 Å². The first kappa shape index (κ1) is 16.1. The van der Waals surface area contributed by atoms with Gasteiger partial charge in [-0.15, -0.1) is 11.8 Å². The third kappa shape index (κ3) is 3.77. The number of hydrogen-bond acceptors (Lipinski definition) is 3. The molecule has 0 radical (unpaired) electrons. The van der Waals surface area contributed by atoms with Crippen LogP contribution in [0.4, 0.5) is 0 Å². The highest BCUT2D eigenvalue weighted by atomic mass is 32.2. The number of carbonyl (C=O) groups is 1. The van der Waals surface area contributed by atoms with Crippen LogP contribution in [0.15, 0.2) is 65.6 Å². The molecule has 4 heteroatoms. The summed E-state index contributed by atoms with van der Waals surface area (Å²) in [5.74, 6) is 0.0221. The van der Waals surface area contributed by atoms with Crippen molar-refractivity contribution >= 4 is 17.7 Å². The van der Waals surface area contributed by atoms with Crippen molar-refractivity contribution in [3.8, 4) is 0 Å². The van der Waals surface area contributed by atoms with Crippen LogP contribution in [-0.2, 0) is 4.79 Å². The first-order valence-electron chi connectivity index (χ1n) is 7.89. The lowest BCUT2D eigenvalue weighted by Crippen LogP contribution is -2.42. The SMILES string of the molecule is C[C@H](NC(=O)C1(Sc2ccccc2)CC1)[C@H](O)c1ccccc1. The highest BCUT2D eigenvalue weighted by Gasteiger charge is 2.51. The van der Waals surface area contributed by atoms with Crippen LogP contribution in [0.1, 0.15) is 31.4 Å². The fraction of sp³-hybridized carbons (Fsp3) is 0.316. The molecular weight excluding hydrogens is 306 g/mol. The van der Waals surface area contributed by atoms with E-state index in [4.69, 9.17) is 0 Å². The van der Waals surface area contributed by atoms with Crippen LogP contribution < -0.4 is 5.32 Å². The van der Waals surface area contributed by atoms with E-state index in [2.05, 4.69) is 5.32 Å². The molecule has 0 bridgehead atoms. The average Bonchev–Trinajstić information content (AvgIpc) is 3.36. The maximum absolute atomic E-state index is 12.6. The Kier molecular flexibility index (Phi) is 4.74. The Morgan fingerprint density at radius 3 is 2.22 bits per heavy atom. The molecule has 1 saturated carbocycles. The first-order valence-corrected chi connectivity index (χ1v) is 8.70. The summed E-state index contributed by atoms with van der Waals surface area (Å²) in [6.45, 7) is 1.85. The van der Waals surface area contributed by atoms with Gasteiger partial charge in [0.1, 0.15) is 0 Å². The molecule has 2 aromatic carbocycles. The van der Waals surface area contributed by atoms with Crippen molar-refractivity contribution in [1.29, 1.82) is 0 Å². The monoisotopic (exact) mass is 327 g/mol. The number of rotatable bonds is 6. The fourth-order valence-electron chi connectivity index (χ4n) is 2.56. The summed E-state index contributed by atoms with van der Waals surface area (Å²) >= 11 is 1.62. The third-order valence-corrected chi connectivity index (χ3v) is 5.64. The Morgan fingerprint density at radius 2 is 1.65 bits per heavy atom. The van der Waals surface area contributed by atoms with Gasteiger partial charge in [-0.25, -0.2) is 0 Å². The smallest absolute Gasteiger partial charge is 0.236 e. The lowest BCUT2D eigenvalue weighted by Gasteiger charge is -2.23. The summed E-state index contributed by atoms with van der Waals surface area (Å²) in [4.78, 5) is 13.7. The zero-order valence-corrected chi connectivity index (χ0v) is 13.9. The Bertz CT molecular complexity index is 656. The number of benzene rings is 2. The van der Waals surface area contributed by atoms with Gasteiger partial charge >= 0.3 is 0 Å². The molecule has 0 saturated heterocycles. The predicted octanol–water partition coefficient (Wildman–Crippen LogP) is 3.55. The molecule has 0 heterocycles. The molecule has 0 aromatic heterocycles. The molecule has 0 aliphatic heterocycles. The second-order valence-electron chi connectivity index (χ2n) is 6.03. The molecule has 2 atom stereocenters. The van der Waals surface area contributed by atoms with Crippen LogP contribution in [-0.4, -0.2) is 21.8 Å². The van der Waals surface area contributed by atoms with Crippen molar-refractivity contribution in [2.45, 2.75) is 41.6 Å². The normalized spacial score (nSPS) is 18.0. The zero-order valence-electron chi connectivity index (χ0n) is 13.1. The lowest BCUT2D eigenvalue weighted by molar-refractivity contribution is -0.122. The molecule has 23 heavy (non-hydrogen) atoms. The summed E-state index contributed by atoms with van der Waals surface area (Å²) in [6.07, 6.45) is 1.07. The van der Waals surface area contributed by atoms with Crippen molar-refractivity contribution in [2.24, 2.45) is 0 Å². The minimum absolute atomic E-state index is 0.0221. The van der Waals surface area contributed by atoms with Gasteiger partial charge in [0.2, 0.25) is 5.91 Å². The molecule has 1 aliphatic carbocycles. The number of hydrogen-bond donors (Lipinski definition) is 2. The predicted molar refractivity (Wildman–Crippen MR) is 93.3 cm³/mol. The standard InChI is InChI=1S/C19H21NO2S/c1-14(17(21)15-8-4-2-5-9-15)20-18(22)19(12-13-19)23-16-10-6-3-7-11-16/h2-11,14,17,21H,12-13H2,1H3,(H,20,22)/t14-,17-/m0/s1. The van der Waals surface area contributed by atoms with E-state index in [0.717, 1.165) is 23.3 Å². The van der Waals surface area contributed by atoms with Gasteiger partial charge in [0.15, 0.2) is 0 Å². The Hall–Kier alpha value is -1.78. The van der Waals surface area contributed by atoms with Gasteiger partial charge in [-0.1, -0.05) is 48.5 Å². The van der Waals surface area contributed by atoms with Gasteiger partial charge in [-0.2, -0.15) is 0 Å². The molecule has 1 aliphatic rings. The van der Waals surface area contributed by atoms with Gasteiger partial charge in [0.05, 0.1) is 16.9 Å². The Balaban J connectivity index is 1.62. The van der Waals surface area contributed by atoms with Crippen molar-refractivity contribution < 1.29 is 9.90 Å². The quantitative estimate of drug-likeness (QED) is 0.853. The van der Waals surface area contributed by atoms with Crippen LogP contribution in [0, 0.1) is 0 Å². The second kappa shape index (κ2) is 6.77.